The number of methoxy groups -OCH3 is 1. The van der Waals surface area contributed by atoms with Gasteiger partial charge in [0.2, 0.25) is 5.91 Å². The number of nitrogens with zero attached hydrogens (tertiary/aromatic N) is 3. The number of ketones is 1. The van der Waals surface area contributed by atoms with Gasteiger partial charge in [0.05, 0.1) is 48.2 Å². The SMILES string of the molecule is C=C[C@@H]1C[C@]1(CC(=O)[C@@H]1C[C@@H](Oc2cc(-c3csc(NC(C)C)n3)nc3cc(OCCOC)ccc23)CN1C(=O)[C@@H](CC(=O)OC1C[C@@H]2C[C@@H]2C1)C(C)(C)C)C(=O)O. The number of thiazole rings is 1. The smallest absolute Gasteiger partial charge is 0.310 e. The highest BCUT2D eigenvalue weighted by Crippen LogP contribution is 2.57. The molecule has 58 heavy (non-hydrogen) atoms. The molecule has 3 aromatic rings. The maximum atomic E-state index is 14.8. The molecular formula is C44H56N4O9S. The number of carboxylic acid groups (broad SMARTS) is 1. The molecule has 3 aliphatic carbocycles. The minimum Gasteiger partial charge on any atom is -0.491 e. The number of carbonyl (C=O) groups is 4. The fourth-order valence-corrected chi connectivity index (χ4v) is 9.62. The van der Waals surface area contributed by atoms with Crippen LogP contribution in [0.3, 0.4) is 0 Å². The number of likely N-dealkylation sites (tertiary alicyclic amines) is 1. The molecule has 2 aromatic heterocycles. The number of esters is 1. The largest absolute Gasteiger partial charge is 0.491 e. The van der Waals surface area contributed by atoms with Crippen LogP contribution in [0.1, 0.15) is 79.6 Å². The van der Waals surface area contributed by atoms with Crippen molar-refractivity contribution in [3.63, 3.8) is 0 Å². The Morgan fingerprint density at radius 2 is 1.81 bits per heavy atom. The van der Waals surface area contributed by atoms with E-state index in [1.165, 1.54) is 22.7 Å². The van der Waals surface area contributed by atoms with Crippen LogP contribution in [-0.4, -0.2) is 94.8 Å². The van der Waals surface area contributed by atoms with E-state index in [9.17, 15) is 24.3 Å². The average molecular weight is 817 g/mol. The van der Waals surface area contributed by atoms with Crippen LogP contribution >= 0.6 is 11.3 Å². The van der Waals surface area contributed by atoms with E-state index in [-0.39, 0.29) is 55.6 Å². The number of fused-ring (bicyclic) bond motifs is 2. The van der Waals surface area contributed by atoms with Crippen molar-refractivity contribution in [1.29, 1.82) is 0 Å². The highest BCUT2D eigenvalue weighted by Gasteiger charge is 2.61. The predicted molar refractivity (Wildman–Crippen MR) is 220 cm³/mol. The van der Waals surface area contributed by atoms with Gasteiger partial charge in [0.1, 0.15) is 36.0 Å². The first-order chi connectivity index (χ1) is 27.6. The summed E-state index contributed by atoms with van der Waals surface area (Å²) in [6, 6.07) is 6.57. The van der Waals surface area contributed by atoms with E-state index in [4.69, 9.17) is 28.9 Å². The molecule has 3 heterocycles. The Morgan fingerprint density at radius 1 is 1.05 bits per heavy atom. The van der Waals surface area contributed by atoms with Crippen molar-refractivity contribution in [2.75, 3.05) is 32.2 Å². The number of hydrogen-bond donors (Lipinski definition) is 2. The van der Waals surface area contributed by atoms with Gasteiger partial charge in [-0.1, -0.05) is 26.8 Å². The molecule has 13 nitrogen and oxygen atoms in total. The first-order valence-electron chi connectivity index (χ1n) is 20.4. The normalized spacial score (nSPS) is 26.6. The van der Waals surface area contributed by atoms with Crippen molar-refractivity contribution in [3.05, 3.63) is 42.3 Å². The second-order valence-electron chi connectivity index (χ2n) is 18.0. The Labute approximate surface area is 343 Å². The van der Waals surface area contributed by atoms with Gasteiger partial charge in [-0.05, 0) is 74.8 Å². The maximum Gasteiger partial charge on any atom is 0.310 e. The molecule has 1 aliphatic heterocycles. The van der Waals surface area contributed by atoms with Gasteiger partial charge in [-0.2, -0.15) is 0 Å². The number of allylic oxidation sites excluding steroid dienone is 1. The third-order valence-corrected chi connectivity index (χ3v) is 13.0. The fourth-order valence-electron chi connectivity index (χ4n) is 8.77. The van der Waals surface area contributed by atoms with Gasteiger partial charge in [0.25, 0.3) is 0 Å². The first-order valence-corrected chi connectivity index (χ1v) is 21.3. The number of aliphatic carboxylic acids is 1. The van der Waals surface area contributed by atoms with Crippen molar-refractivity contribution in [1.82, 2.24) is 14.9 Å². The lowest BCUT2D eigenvalue weighted by molar-refractivity contribution is -0.157. The van der Waals surface area contributed by atoms with Gasteiger partial charge in [0, 0.05) is 48.9 Å². The van der Waals surface area contributed by atoms with Crippen LogP contribution in [0.25, 0.3) is 22.3 Å². The minimum atomic E-state index is -1.25. The third-order valence-electron chi connectivity index (χ3n) is 12.2. The Balaban J connectivity index is 1.19. The molecule has 4 fully saturated rings. The molecule has 7 rings (SSSR count). The van der Waals surface area contributed by atoms with Gasteiger partial charge >= 0.3 is 11.9 Å². The van der Waals surface area contributed by atoms with Crippen LogP contribution in [-0.2, 0) is 28.7 Å². The number of rotatable bonds is 18. The molecular weight excluding hydrogens is 761 g/mol. The summed E-state index contributed by atoms with van der Waals surface area (Å²) < 4.78 is 23.7. The zero-order valence-corrected chi connectivity index (χ0v) is 35.1. The third kappa shape index (κ3) is 9.02. The molecule has 312 valence electrons. The Bertz CT molecular complexity index is 2050. The summed E-state index contributed by atoms with van der Waals surface area (Å²) in [5.74, 6) is -0.929. The number of pyridine rings is 1. The van der Waals surface area contributed by atoms with Gasteiger partial charge in [-0.15, -0.1) is 17.9 Å². The van der Waals surface area contributed by atoms with E-state index >= 15 is 0 Å². The quantitative estimate of drug-likeness (QED) is 0.0756. The van der Waals surface area contributed by atoms with Crippen LogP contribution in [0, 0.1) is 34.5 Å². The number of nitrogens with one attached hydrogen (secondary N) is 1. The summed E-state index contributed by atoms with van der Waals surface area (Å²) in [5.41, 5.74) is -0.0786. The van der Waals surface area contributed by atoms with Crippen LogP contribution in [0.5, 0.6) is 11.5 Å². The van der Waals surface area contributed by atoms with Gasteiger partial charge < -0.3 is 34.3 Å². The molecule has 3 saturated carbocycles. The van der Waals surface area contributed by atoms with Crippen molar-refractivity contribution in [2.45, 2.75) is 104 Å². The van der Waals surface area contributed by atoms with Gasteiger partial charge in [0.15, 0.2) is 10.9 Å². The second kappa shape index (κ2) is 16.6. The summed E-state index contributed by atoms with van der Waals surface area (Å²) in [5, 5.41) is 16.9. The zero-order valence-electron chi connectivity index (χ0n) is 34.3. The monoisotopic (exact) mass is 816 g/mol. The molecule has 0 radical (unpaired) electrons. The number of anilines is 1. The van der Waals surface area contributed by atoms with Gasteiger partial charge in [-0.3, -0.25) is 19.2 Å². The lowest BCUT2D eigenvalue weighted by Crippen LogP contribution is -2.48. The topological polar surface area (TPSA) is 166 Å². The fraction of sp³-hybridized carbons (Fsp3) is 0.591. The molecule has 0 bridgehead atoms. The number of amides is 1. The number of hydrogen-bond acceptors (Lipinski definition) is 12. The van der Waals surface area contributed by atoms with E-state index in [1.54, 1.807) is 13.2 Å². The Morgan fingerprint density at radius 3 is 2.47 bits per heavy atom. The average Bonchev–Trinajstić information content (AvgIpc) is 3.83. The molecule has 0 spiro atoms. The number of carbonyl (C=O) groups excluding carboxylic acids is 3. The number of Topliss-reactive ketones (excluding diaryl/α,β-unsaturated/α-hetero) is 1. The minimum absolute atomic E-state index is 0.0599. The summed E-state index contributed by atoms with van der Waals surface area (Å²) in [7, 11) is 1.61. The first kappa shape index (κ1) is 41.6. The van der Waals surface area contributed by atoms with Crippen LogP contribution < -0.4 is 14.8 Å². The number of benzene rings is 1. The molecule has 14 heteroatoms. The van der Waals surface area contributed by atoms with Gasteiger partial charge in [-0.25, -0.2) is 9.97 Å². The van der Waals surface area contributed by atoms with E-state index < -0.39 is 40.8 Å². The predicted octanol–water partition coefficient (Wildman–Crippen LogP) is 7.18. The maximum absolute atomic E-state index is 14.8. The van der Waals surface area contributed by atoms with Crippen LogP contribution in [0.2, 0.25) is 0 Å². The summed E-state index contributed by atoms with van der Waals surface area (Å²) in [6.07, 6.45) is 3.85. The Hall–Kier alpha value is -4.56. The van der Waals surface area contributed by atoms with Crippen molar-refractivity contribution >= 4 is 51.0 Å². The van der Waals surface area contributed by atoms with E-state index in [0.717, 1.165) is 18.0 Å². The highest BCUT2D eigenvalue weighted by molar-refractivity contribution is 7.14. The molecule has 1 aromatic carbocycles. The summed E-state index contributed by atoms with van der Waals surface area (Å²) >= 11 is 1.47. The van der Waals surface area contributed by atoms with Crippen LogP contribution in [0.15, 0.2) is 42.3 Å². The molecule has 1 unspecified atom stereocenters. The van der Waals surface area contributed by atoms with Crippen molar-refractivity contribution in [3.8, 4) is 22.9 Å². The molecule has 2 N–H and O–H groups in total. The molecule has 4 aliphatic rings. The molecule has 8 atom stereocenters. The molecule has 1 saturated heterocycles. The molecule has 1 amide bonds. The lowest BCUT2D eigenvalue weighted by atomic mass is 9.77. The van der Waals surface area contributed by atoms with E-state index in [0.29, 0.717) is 65.3 Å². The summed E-state index contributed by atoms with van der Waals surface area (Å²) in [6.45, 7) is 14.4. The number of ether oxygens (including phenoxy) is 4. The van der Waals surface area contributed by atoms with E-state index in [2.05, 4.69) is 11.9 Å². The van der Waals surface area contributed by atoms with E-state index in [1.807, 2.05) is 64.3 Å². The van der Waals surface area contributed by atoms with Crippen molar-refractivity contribution < 1.29 is 43.2 Å². The summed E-state index contributed by atoms with van der Waals surface area (Å²) in [4.78, 5) is 66.2. The number of aromatic nitrogens is 2. The van der Waals surface area contributed by atoms with Crippen LogP contribution in [0.4, 0.5) is 5.13 Å². The Kier molecular flexibility index (Phi) is 11.9. The second-order valence-corrected chi connectivity index (χ2v) is 18.8. The zero-order chi connectivity index (χ0) is 41.5. The lowest BCUT2D eigenvalue weighted by Gasteiger charge is -2.35. The number of carboxylic acids is 1. The standard InChI is InChI=1S/C44H56N4O9S/c1-8-27-20-44(27,41(52)53)21-37(49)36-17-30(22-48(36)40(51)32(43(4,5)6)18-39(50)57-29-14-25-13-26(25)15-29)56-38-19-34(35-23-58-42(47-35)45-24(2)3)46-33-16-28(9-10-31(33)38)55-12-11-54-7/h8-10,16,19,23-27,29-30,32,36H,1,11-15,17-18,20-22H2,2-7H3,(H,45,47)(H,52,53)/t25-,26+,27-,29?,30-,32-,36+,44-/m1/s1. The van der Waals surface area contributed by atoms with Crippen molar-refractivity contribution in [2.24, 2.45) is 34.5 Å². The highest BCUT2D eigenvalue weighted by atomic mass is 32.1.